The first-order chi connectivity index (χ1) is 13.6. The van der Waals surface area contributed by atoms with Gasteiger partial charge in [-0.05, 0) is 12.8 Å². The van der Waals surface area contributed by atoms with Crippen molar-refractivity contribution in [3.05, 3.63) is 52.1 Å². The van der Waals surface area contributed by atoms with Crippen LogP contribution in [0.3, 0.4) is 0 Å². The van der Waals surface area contributed by atoms with E-state index in [0.29, 0.717) is 31.7 Å². The molecule has 4 rings (SSSR count). The molecular formula is C16H17N9O3. The molecule has 0 radical (unpaired) electrons. The molecule has 1 fully saturated rings. The lowest BCUT2D eigenvalue weighted by molar-refractivity contribution is -0.120. The zero-order valence-corrected chi connectivity index (χ0v) is 14.7. The standard InChI is InChI=1S/C16H17N9O3/c26-14(22-11-6-18-16(28)23-15(11)27)10-1-3-24(4-2-10)12-5-13(20-8-19-12)25-9-17-7-21-25/h5-10H,1-4H2,(H,22,26)(H2,18,23,27,28). The fourth-order valence-electron chi connectivity index (χ4n) is 3.07. The summed E-state index contributed by atoms with van der Waals surface area (Å²) < 4.78 is 1.55. The molecule has 0 atom stereocenters. The number of nitrogens with zero attached hydrogens (tertiary/aromatic N) is 6. The number of carbonyl (C=O) groups is 1. The maximum atomic E-state index is 12.4. The van der Waals surface area contributed by atoms with Crippen LogP contribution in [0.25, 0.3) is 5.82 Å². The first kappa shape index (κ1) is 17.6. The van der Waals surface area contributed by atoms with E-state index in [-0.39, 0.29) is 17.5 Å². The third-order valence-electron chi connectivity index (χ3n) is 4.56. The third-order valence-corrected chi connectivity index (χ3v) is 4.56. The minimum absolute atomic E-state index is 0.0281. The van der Waals surface area contributed by atoms with Gasteiger partial charge in [0, 0.05) is 31.3 Å². The number of hydrogen-bond acceptors (Lipinski definition) is 8. The average Bonchev–Trinajstić information content (AvgIpc) is 3.25. The van der Waals surface area contributed by atoms with E-state index in [2.05, 4.69) is 40.2 Å². The molecule has 0 unspecified atom stereocenters. The van der Waals surface area contributed by atoms with Crippen LogP contribution < -0.4 is 21.5 Å². The Morgan fingerprint density at radius 3 is 2.64 bits per heavy atom. The minimum atomic E-state index is -0.629. The van der Waals surface area contributed by atoms with E-state index in [1.807, 2.05) is 6.07 Å². The van der Waals surface area contributed by atoms with E-state index in [1.54, 1.807) is 11.0 Å². The largest absolute Gasteiger partial charge is 0.356 e. The lowest BCUT2D eigenvalue weighted by atomic mass is 9.96. The Hall–Kier alpha value is -3.83. The van der Waals surface area contributed by atoms with Crippen LogP contribution in [0.2, 0.25) is 0 Å². The minimum Gasteiger partial charge on any atom is -0.356 e. The summed E-state index contributed by atoms with van der Waals surface area (Å²) in [4.78, 5) is 54.1. The second kappa shape index (κ2) is 7.42. The van der Waals surface area contributed by atoms with Crippen LogP contribution in [-0.2, 0) is 4.79 Å². The zero-order valence-electron chi connectivity index (χ0n) is 14.7. The predicted octanol–water partition coefficient (Wildman–Crippen LogP) is -0.711. The van der Waals surface area contributed by atoms with Gasteiger partial charge in [-0.2, -0.15) is 5.10 Å². The highest BCUT2D eigenvalue weighted by Gasteiger charge is 2.26. The zero-order chi connectivity index (χ0) is 19.5. The molecule has 0 saturated carbocycles. The number of anilines is 2. The van der Waals surface area contributed by atoms with Gasteiger partial charge in [-0.1, -0.05) is 0 Å². The fraction of sp³-hybridized carbons (Fsp3) is 0.312. The molecule has 0 aromatic carbocycles. The second-order valence-corrected chi connectivity index (χ2v) is 6.31. The number of piperidine rings is 1. The molecule has 1 aliphatic heterocycles. The molecule has 0 spiro atoms. The van der Waals surface area contributed by atoms with Gasteiger partial charge >= 0.3 is 5.69 Å². The van der Waals surface area contributed by atoms with Crippen LogP contribution in [0.15, 0.2) is 40.8 Å². The van der Waals surface area contributed by atoms with Crippen molar-refractivity contribution in [1.82, 2.24) is 34.7 Å². The van der Waals surface area contributed by atoms with Crippen LogP contribution in [-0.4, -0.2) is 53.7 Å². The van der Waals surface area contributed by atoms with Crippen molar-refractivity contribution in [2.45, 2.75) is 12.8 Å². The highest BCUT2D eigenvalue weighted by Crippen LogP contribution is 2.23. The molecule has 3 aromatic rings. The van der Waals surface area contributed by atoms with Gasteiger partial charge in [0.05, 0.1) is 0 Å². The SMILES string of the molecule is O=C(Nc1c[nH]c(=O)[nH]c1=O)C1CCN(c2cc(-n3cncn3)ncn2)CC1. The summed E-state index contributed by atoms with van der Waals surface area (Å²) >= 11 is 0. The molecule has 12 nitrogen and oxygen atoms in total. The Balaban J connectivity index is 1.39. The lowest BCUT2D eigenvalue weighted by Crippen LogP contribution is -2.39. The van der Waals surface area contributed by atoms with Gasteiger partial charge in [-0.15, -0.1) is 0 Å². The Morgan fingerprint density at radius 1 is 1.14 bits per heavy atom. The van der Waals surface area contributed by atoms with Gasteiger partial charge < -0.3 is 15.2 Å². The molecule has 4 heterocycles. The van der Waals surface area contributed by atoms with E-state index in [0.717, 1.165) is 5.82 Å². The van der Waals surface area contributed by atoms with Crippen LogP contribution in [0, 0.1) is 5.92 Å². The Bertz CT molecular complexity index is 1080. The van der Waals surface area contributed by atoms with Gasteiger partial charge in [0.2, 0.25) is 5.91 Å². The predicted molar refractivity (Wildman–Crippen MR) is 98.2 cm³/mol. The smallest absolute Gasteiger partial charge is 0.325 e. The van der Waals surface area contributed by atoms with Crippen molar-refractivity contribution >= 4 is 17.4 Å². The molecule has 144 valence electrons. The van der Waals surface area contributed by atoms with Crippen molar-refractivity contribution in [2.75, 3.05) is 23.3 Å². The fourth-order valence-corrected chi connectivity index (χ4v) is 3.07. The summed E-state index contributed by atoms with van der Waals surface area (Å²) in [6.45, 7) is 1.27. The maximum absolute atomic E-state index is 12.4. The molecule has 1 amide bonds. The van der Waals surface area contributed by atoms with Crippen LogP contribution in [0.5, 0.6) is 0 Å². The Labute approximate surface area is 157 Å². The Morgan fingerprint density at radius 2 is 1.93 bits per heavy atom. The normalized spacial score (nSPS) is 14.8. The van der Waals surface area contributed by atoms with E-state index in [1.165, 1.54) is 18.9 Å². The molecular weight excluding hydrogens is 366 g/mol. The Kier molecular flexibility index (Phi) is 4.66. The van der Waals surface area contributed by atoms with Gasteiger partial charge in [-0.25, -0.2) is 24.4 Å². The molecule has 0 aliphatic carbocycles. The third kappa shape index (κ3) is 3.65. The topological polar surface area (TPSA) is 155 Å². The summed E-state index contributed by atoms with van der Waals surface area (Å²) in [5.41, 5.74) is -1.22. The molecule has 3 N–H and O–H groups in total. The van der Waals surface area contributed by atoms with Crippen molar-refractivity contribution in [1.29, 1.82) is 0 Å². The van der Waals surface area contributed by atoms with E-state index >= 15 is 0 Å². The monoisotopic (exact) mass is 383 g/mol. The number of rotatable bonds is 4. The number of H-pyrrole nitrogens is 2. The summed E-state index contributed by atoms with van der Waals surface area (Å²) in [5, 5.41) is 6.63. The molecule has 1 aliphatic rings. The highest BCUT2D eigenvalue weighted by atomic mass is 16.2. The van der Waals surface area contributed by atoms with Crippen LogP contribution in [0.1, 0.15) is 12.8 Å². The first-order valence-corrected chi connectivity index (χ1v) is 8.65. The highest BCUT2D eigenvalue weighted by molar-refractivity contribution is 5.92. The maximum Gasteiger partial charge on any atom is 0.325 e. The molecule has 12 heteroatoms. The van der Waals surface area contributed by atoms with E-state index < -0.39 is 11.2 Å². The molecule has 3 aromatic heterocycles. The number of aromatic nitrogens is 7. The van der Waals surface area contributed by atoms with Gasteiger partial charge in [0.1, 0.15) is 30.5 Å². The summed E-state index contributed by atoms with van der Waals surface area (Å²) in [5.74, 6) is 0.874. The molecule has 1 saturated heterocycles. The van der Waals surface area contributed by atoms with Crippen molar-refractivity contribution < 1.29 is 4.79 Å². The van der Waals surface area contributed by atoms with E-state index in [9.17, 15) is 14.4 Å². The molecule has 28 heavy (non-hydrogen) atoms. The number of amides is 1. The summed E-state index contributed by atoms with van der Waals surface area (Å²) in [6.07, 6.45) is 6.86. The number of carbonyl (C=O) groups excluding carboxylic acids is 1. The van der Waals surface area contributed by atoms with Gasteiger partial charge in [0.25, 0.3) is 5.56 Å². The second-order valence-electron chi connectivity index (χ2n) is 6.31. The molecule has 0 bridgehead atoms. The van der Waals surface area contributed by atoms with Crippen molar-refractivity contribution in [3.8, 4) is 5.82 Å². The number of hydrogen-bond donors (Lipinski definition) is 3. The average molecular weight is 383 g/mol. The number of nitrogens with one attached hydrogen (secondary N) is 3. The lowest BCUT2D eigenvalue weighted by Gasteiger charge is -2.32. The first-order valence-electron chi connectivity index (χ1n) is 8.65. The quantitative estimate of drug-likeness (QED) is 0.534. The van der Waals surface area contributed by atoms with Crippen LogP contribution in [0.4, 0.5) is 11.5 Å². The van der Waals surface area contributed by atoms with Crippen molar-refractivity contribution in [3.63, 3.8) is 0 Å². The van der Waals surface area contributed by atoms with Gasteiger partial charge in [-0.3, -0.25) is 14.6 Å². The van der Waals surface area contributed by atoms with Crippen LogP contribution >= 0.6 is 0 Å². The number of aromatic amines is 2. The van der Waals surface area contributed by atoms with Gasteiger partial charge in [0.15, 0.2) is 5.82 Å². The summed E-state index contributed by atoms with van der Waals surface area (Å²) in [6, 6.07) is 1.81. The summed E-state index contributed by atoms with van der Waals surface area (Å²) in [7, 11) is 0. The van der Waals surface area contributed by atoms with E-state index in [4.69, 9.17) is 0 Å². The van der Waals surface area contributed by atoms with Crippen molar-refractivity contribution in [2.24, 2.45) is 5.92 Å².